The van der Waals surface area contributed by atoms with Gasteiger partial charge in [-0.15, -0.1) is 0 Å². The highest BCUT2D eigenvalue weighted by Crippen LogP contribution is 2.32. The van der Waals surface area contributed by atoms with E-state index in [1.807, 2.05) is 32.0 Å². The lowest BCUT2D eigenvalue weighted by Crippen LogP contribution is -2.35. The number of nitrogens with zero attached hydrogens (tertiary/aromatic N) is 4. The molecule has 1 N–H and O–H groups in total. The van der Waals surface area contributed by atoms with Gasteiger partial charge in [0, 0.05) is 35.1 Å². The molecular weight excluding hydrogens is 454 g/mol. The number of hydrogen-bond donors (Lipinski definition) is 1. The lowest BCUT2D eigenvalue weighted by atomic mass is 10.0. The highest BCUT2D eigenvalue weighted by molar-refractivity contribution is 8.27. The number of fused-ring (bicyclic) bond motifs is 3. The lowest BCUT2D eigenvalue weighted by Gasteiger charge is -2.20. The summed E-state index contributed by atoms with van der Waals surface area (Å²) < 4.78 is 2.20. The molecule has 1 amide bonds. The van der Waals surface area contributed by atoms with Crippen molar-refractivity contribution in [2.24, 2.45) is 16.0 Å². The van der Waals surface area contributed by atoms with Crippen LogP contribution in [0.15, 0.2) is 88.6 Å². The molecule has 0 aliphatic carbocycles. The molecule has 3 heterocycles. The Morgan fingerprint density at radius 1 is 1.00 bits per heavy atom. The SMILES string of the molecule is CC(C)C1=NN2C(=N)/C(=C\c3cn(Cc4cccc5ccccc45)c4ccccc34)C(=O)N=C2S1. The number of aliphatic imine (C=N–C) groups is 1. The molecule has 0 saturated carbocycles. The van der Waals surface area contributed by atoms with Crippen LogP contribution in [0, 0.1) is 11.3 Å². The summed E-state index contributed by atoms with van der Waals surface area (Å²) in [5.41, 5.74) is 3.43. The monoisotopic (exact) mass is 477 g/mol. The van der Waals surface area contributed by atoms with E-state index in [0.29, 0.717) is 11.7 Å². The Morgan fingerprint density at radius 3 is 2.57 bits per heavy atom. The van der Waals surface area contributed by atoms with E-state index in [1.165, 1.54) is 33.1 Å². The third-order valence-electron chi connectivity index (χ3n) is 6.30. The van der Waals surface area contributed by atoms with Gasteiger partial charge in [0.1, 0.15) is 5.04 Å². The number of carbonyl (C=O) groups is 1. The van der Waals surface area contributed by atoms with E-state index in [9.17, 15) is 4.79 Å². The third kappa shape index (κ3) is 3.68. The molecule has 2 aliphatic rings. The molecule has 2 aliphatic heterocycles. The van der Waals surface area contributed by atoms with Gasteiger partial charge in [0.2, 0.25) is 5.17 Å². The Kier molecular flexibility index (Phi) is 5.15. The molecule has 0 saturated heterocycles. The summed E-state index contributed by atoms with van der Waals surface area (Å²) in [6.45, 7) is 4.78. The zero-order valence-corrected chi connectivity index (χ0v) is 20.2. The number of nitrogens with one attached hydrogen (secondary N) is 1. The lowest BCUT2D eigenvalue weighted by molar-refractivity contribution is -0.114. The van der Waals surface area contributed by atoms with Crippen molar-refractivity contribution < 1.29 is 4.79 Å². The molecule has 0 radical (unpaired) electrons. The van der Waals surface area contributed by atoms with Crippen LogP contribution in [0.4, 0.5) is 0 Å². The van der Waals surface area contributed by atoms with Crippen molar-refractivity contribution in [3.63, 3.8) is 0 Å². The van der Waals surface area contributed by atoms with Gasteiger partial charge in [-0.1, -0.05) is 74.5 Å². The van der Waals surface area contributed by atoms with Crippen molar-refractivity contribution in [2.45, 2.75) is 20.4 Å². The molecule has 4 aromatic rings. The van der Waals surface area contributed by atoms with Gasteiger partial charge in [-0.25, -0.2) is 0 Å². The molecule has 1 aromatic heterocycles. The van der Waals surface area contributed by atoms with Crippen LogP contribution in [0.25, 0.3) is 27.8 Å². The van der Waals surface area contributed by atoms with E-state index in [-0.39, 0.29) is 17.3 Å². The molecule has 0 fully saturated rings. The van der Waals surface area contributed by atoms with E-state index in [2.05, 4.69) is 69.4 Å². The standard InChI is InChI=1S/C28H23N5OS/c1-17(2)27-31-33-25(29)23(26(34)30-28(33)35-27)14-20-16-32(24-13-6-5-12-22(20)24)15-19-10-7-9-18-8-3-4-11-21(18)19/h3-14,16-17,29H,15H2,1-2H3/b23-14+,29-25?. The molecule has 0 spiro atoms. The maximum atomic E-state index is 12.9. The Hall–Kier alpha value is -3.97. The minimum absolute atomic E-state index is 0.0639. The highest BCUT2D eigenvalue weighted by atomic mass is 32.2. The number of aromatic nitrogens is 1. The fourth-order valence-corrected chi connectivity index (χ4v) is 5.42. The fraction of sp³-hybridized carbons (Fsp3) is 0.143. The first kappa shape index (κ1) is 21.6. The normalized spacial score (nSPS) is 17.0. The number of hydrogen-bond acceptors (Lipinski definition) is 4. The Bertz CT molecular complexity index is 1620. The van der Waals surface area contributed by atoms with E-state index in [4.69, 9.17) is 5.41 Å². The molecule has 0 atom stereocenters. The number of amides is 1. The van der Waals surface area contributed by atoms with E-state index in [0.717, 1.165) is 21.5 Å². The average Bonchev–Trinajstić information content (AvgIpc) is 3.44. The van der Waals surface area contributed by atoms with Crippen molar-refractivity contribution in [3.05, 3.63) is 89.6 Å². The first-order chi connectivity index (χ1) is 17.0. The first-order valence-electron chi connectivity index (χ1n) is 11.5. The van der Waals surface area contributed by atoms with Crippen LogP contribution in [0.1, 0.15) is 25.0 Å². The molecule has 6 nitrogen and oxygen atoms in total. The molecule has 7 heteroatoms. The molecular formula is C28H23N5OS. The summed E-state index contributed by atoms with van der Waals surface area (Å²) in [5.74, 6) is -0.135. The zero-order chi connectivity index (χ0) is 24.1. The van der Waals surface area contributed by atoms with Crippen molar-refractivity contribution in [3.8, 4) is 0 Å². The number of carbonyl (C=O) groups excluding carboxylic acids is 1. The number of benzene rings is 3. The maximum Gasteiger partial charge on any atom is 0.283 e. The van der Waals surface area contributed by atoms with Crippen molar-refractivity contribution in [2.75, 3.05) is 0 Å². The quantitative estimate of drug-likeness (QED) is 0.360. The summed E-state index contributed by atoms with van der Waals surface area (Å²) in [5, 5.41) is 19.5. The number of thioether (sulfide) groups is 1. The summed E-state index contributed by atoms with van der Waals surface area (Å²) in [4.78, 5) is 17.1. The second-order valence-corrected chi connectivity index (χ2v) is 9.97. The van der Waals surface area contributed by atoms with Crippen LogP contribution in [0.5, 0.6) is 0 Å². The Balaban J connectivity index is 1.42. The van der Waals surface area contributed by atoms with E-state index in [1.54, 1.807) is 6.08 Å². The van der Waals surface area contributed by atoms with Crippen LogP contribution in [-0.2, 0) is 11.3 Å². The maximum absolute atomic E-state index is 12.9. The first-order valence-corrected chi connectivity index (χ1v) is 12.4. The minimum Gasteiger partial charge on any atom is -0.342 e. The van der Waals surface area contributed by atoms with Crippen LogP contribution in [0.3, 0.4) is 0 Å². The van der Waals surface area contributed by atoms with E-state index < -0.39 is 5.91 Å². The van der Waals surface area contributed by atoms with Crippen LogP contribution in [-0.4, -0.2) is 31.5 Å². The minimum atomic E-state index is -0.403. The van der Waals surface area contributed by atoms with Crippen molar-refractivity contribution >= 4 is 61.5 Å². The summed E-state index contributed by atoms with van der Waals surface area (Å²) in [6, 6.07) is 22.9. The van der Waals surface area contributed by atoms with Gasteiger partial charge < -0.3 is 4.57 Å². The van der Waals surface area contributed by atoms with Crippen LogP contribution < -0.4 is 0 Å². The van der Waals surface area contributed by atoms with Gasteiger partial charge in [-0.05, 0) is 40.2 Å². The molecule has 6 rings (SSSR count). The van der Waals surface area contributed by atoms with Gasteiger partial charge in [-0.3, -0.25) is 10.2 Å². The highest BCUT2D eigenvalue weighted by Gasteiger charge is 2.36. The average molecular weight is 478 g/mol. The number of amidine groups is 2. The topological polar surface area (TPSA) is 73.8 Å². The zero-order valence-electron chi connectivity index (χ0n) is 19.4. The second kappa shape index (κ2) is 8.36. The number of para-hydroxylation sites is 1. The largest absolute Gasteiger partial charge is 0.342 e. The fourth-order valence-electron chi connectivity index (χ4n) is 4.53. The second-order valence-electron chi connectivity index (χ2n) is 8.98. The third-order valence-corrected chi connectivity index (χ3v) is 7.51. The molecule has 0 unspecified atom stereocenters. The number of hydrazone groups is 1. The predicted molar refractivity (Wildman–Crippen MR) is 145 cm³/mol. The molecule has 0 bridgehead atoms. The van der Waals surface area contributed by atoms with Gasteiger partial charge in [0.15, 0.2) is 5.84 Å². The summed E-state index contributed by atoms with van der Waals surface area (Å²) in [7, 11) is 0. The number of rotatable bonds is 4. The van der Waals surface area contributed by atoms with Crippen molar-refractivity contribution in [1.29, 1.82) is 5.41 Å². The van der Waals surface area contributed by atoms with E-state index >= 15 is 0 Å². The molecule has 35 heavy (non-hydrogen) atoms. The summed E-state index contributed by atoms with van der Waals surface area (Å²) in [6.07, 6.45) is 3.83. The van der Waals surface area contributed by atoms with Gasteiger partial charge in [0.25, 0.3) is 5.91 Å². The molecule has 3 aromatic carbocycles. The van der Waals surface area contributed by atoms with Gasteiger partial charge in [-0.2, -0.15) is 15.1 Å². The Labute approximate surface area is 207 Å². The van der Waals surface area contributed by atoms with Gasteiger partial charge in [0.05, 0.1) is 5.57 Å². The van der Waals surface area contributed by atoms with Crippen LogP contribution >= 0.6 is 11.8 Å². The van der Waals surface area contributed by atoms with Gasteiger partial charge >= 0.3 is 0 Å². The predicted octanol–water partition coefficient (Wildman–Crippen LogP) is 6.12. The molecule has 172 valence electrons. The summed E-state index contributed by atoms with van der Waals surface area (Å²) >= 11 is 1.36. The van der Waals surface area contributed by atoms with Crippen molar-refractivity contribution in [1.82, 2.24) is 9.58 Å². The smallest absolute Gasteiger partial charge is 0.283 e. The van der Waals surface area contributed by atoms with Crippen LogP contribution in [0.2, 0.25) is 0 Å². The Morgan fingerprint density at radius 2 is 1.74 bits per heavy atom.